The zero-order valence-corrected chi connectivity index (χ0v) is 11.0. The number of carbonyl (C=O) groups is 1. The van der Waals surface area contributed by atoms with Gasteiger partial charge < -0.3 is 10.6 Å². The van der Waals surface area contributed by atoms with Crippen LogP contribution in [0.4, 0.5) is 10.5 Å². The molecule has 0 atom stereocenters. The van der Waals surface area contributed by atoms with Crippen LogP contribution in [0.1, 0.15) is 5.56 Å². The van der Waals surface area contributed by atoms with Crippen molar-refractivity contribution in [1.82, 2.24) is 5.32 Å². The molecule has 0 spiro atoms. The summed E-state index contributed by atoms with van der Waals surface area (Å²) in [5, 5.41) is 9.86. The number of carbonyl (C=O) groups excluding carboxylic acids is 1. The number of benzene rings is 1. The van der Waals surface area contributed by atoms with E-state index < -0.39 is 0 Å². The molecule has 2 N–H and O–H groups in total. The molecule has 0 aliphatic rings. The fourth-order valence-corrected chi connectivity index (χ4v) is 2.14. The molecule has 1 aromatic heterocycles. The van der Waals surface area contributed by atoms with Crippen molar-refractivity contribution < 1.29 is 4.79 Å². The van der Waals surface area contributed by atoms with E-state index in [1.54, 1.807) is 41.8 Å². The van der Waals surface area contributed by atoms with Crippen LogP contribution in [0.15, 0.2) is 47.3 Å². The molecule has 2 rings (SSSR count). The van der Waals surface area contributed by atoms with Gasteiger partial charge in [0, 0.05) is 16.9 Å². The van der Waals surface area contributed by atoms with Gasteiger partial charge in [0.05, 0.1) is 0 Å². The quantitative estimate of drug-likeness (QED) is 0.868. The summed E-state index contributed by atoms with van der Waals surface area (Å²) in [6, 6.07) is 8.65. The van der Waals surface area contributed by atoms with E-state index in [2.05, 4.69) is 10.6 Å². The molecule has 0 bridgehead atoms. The fourth-order valence-electron chi connectivity index (χ4n) is 1.32. The van der Waals surface area contributed by atoms with Crippen LogP contribution in [-0.4, -0.2) is 6.03 Å². The van der Waals surface area contributed by atoms with Crippen LogP contribution in [0.2, 0.25) is 5.02 Å². The molecular formula is C13H11ClN2OS. The Morgan fingerprint density at radius 2 is 2.22 bits per heavy atom. The summed E-state index contributed by atoms with van der Waals surface area (Å²) in [5.74, 6) is 0. The number of rotatable bonds is 3. The van der Waals surface area contributed by atoms with Gasteiger partial charge in [-0.3, -0.25) is 0 Å². The van der Waals surface area contributed by atoms with Gasteiger partial charge in [0.15, 0.2) is 0 Å². The first-order valence-corrected chi connectivity index (χ1v) is 6.58. The summed E-state index contributed by atoms with van der Waals surface area (Å²) in [5.41, 5.74) is 1.71. The third-order valence-corrected chi connectivity index (χ3v) is 3.05. The Labute approximate surface area is 114 Å². The highest BCUT2D eigenvalue weighted by Crippen LogP contribution is 2.14. The number of nitrogens with one attached hydrogen (secondary N) is 2. The average molecular weight is 279 g/mol. The van der Waals surface area contributed by atoms with Gasteiger partial charge in [-0.15, -0.1) is 0 Å². The zero-order chi connectivity index (χ0) is 12.8. The second kappa shape index (κ2) is 6.23. The van der Waals surface area contributed by atoms with Crippen LogP contribution in [-0.2, 0) is 0 Å². The summed E-state index contributed by atoms with van der Waals surface area (Å²) in [6.45, 7) is 0. The first kappa shape index (κ1) is 12.7. The monoisotopic (exact) mass is 278 g/mol. The number of anilines is 1. The smallest absolute Gasteiger partial charge is 0.314 e. The Morgan fingerprint density at radius 3 is 2.94 bits per heavy atom. The number of halogens is 1. The number of amides is 2. The van der Waals surface area contributed by atoms with Crippen LogP contribution >= 0.6 is 22.9 Å². The van der Waals surface area contributed by atoms with Crippen LogP contribution in [0, 0.1) is 0 Å². The predicted molar refractivity (Wildman–Crippen MR) is 77.0 cm³/mol. The second-order valence-electron chi connectivity index (χ2n) is 3.50. The molecular weight excluding hydrogens is 268 g/mol. The minimum absolute atomic E-state index is 0.302. The van der Waals surface area contributed by atoms with Crippen molar-refractivity contribution in [3.63, 3.8) is 0 Å². The molecule has 3 nitrogen and oxygen atoms in total. The van der Waals surface area contributed by atoms with Crippen molar-refractivity contribution in [2.75, 3.05) is 5.32 Å². The Bertz CT molecular complexity index is 552. The van der Waals surface area contributed by atoms with Gasteiger partial charge in [0.2, 0.25) is 0 Å². The Kier molecular flexibility index (Phi) is 4.39. The lowest BCUT2D eigenvalue weighted by atomic mass is 10.3. The highest BCUT2D eigenvalue weighted by Gasteiger charge is 1.99. The largest absolute Gasteiger partial charge is 0.323 e. The molecule has 5 heteroatoms. The minimum Gasteiger partial charge on any atom is -0.314 e. The molecule has 0 fully saturated rings. The maximum absolute atomic E-state index is 11.5. The second-order valence-corrected chi connectivity index (χ2v) is 4.72. The van der Waals surface area contributed by atoms with Crippen LogP contribution < -0.4 is 10.6 Å². The van der Waals surface area contributed by atoms with Crippen molar-refractivity contribution >= 4 is 40.7 Å². The summed E-state index contributed by atoms with van der Waals surface area (Å²) in [6.07, 6.45) is 3.43. The van der Waals surface area contributed by atoms with Gasteiger partial charge in [0.1, 0.15) is 0 Å². The molecule has 18 heavy (non-hydrogen) atoms. The topological polar surface area (TPSA) is 41.1 Å². The maximum Gasteiger partial charge on any atom is 0.323 e. The molecule has 0 aliphatic carbocycles. The minimum atomic E-state index is -0.302. The Balaban J connectivity index is 1.86. The van der Waals surface area contributed by atoms with Gasteiger partial charge in [-0.25, -0.2) is 4.79 Å². The van der Waals surface area contributed by atoms with E-state index in [1.165, 1.54) is 0 Å². The average Bonchev–Trinajstić information content (AvgIpc) is 2.82. The van der Waals surface area contributed by atoms with Crippen molar-refractivity contribution in [2.45, 2.75) is 0 Å². The van der Waals surface area contributed by atoms with Gasteiger partial charge >= 0.3 is 6.03 Å². The van der Waals surface area contributed by atoms with Crippen molar-refractivity contribution in [3.8, 4) is 0 Å². The van der Waals surface area contributed by atoms with Crippen molar-refractivity contribution in [2.24, 2.45) is 0 Å². The molecule has 2 amide bonds. The molecule has 1 aromatic carbocycles. The number of hydrogen-bond donors (Lipinski definition) is 2. The number of hydrogen-bond acceptors (Lipinski definition) is 2. The Morgan fingerprint density at radius 1 is 1.33 bits per heavy atom. The maximum atomic E-state index is 11.5. The number of thiophene rings is 1. The van der Waals surface area contributed by atoms with Crippen LogP contribution in [0.5, 0.6) is 0 Å². The van der Waals surface area contributed by atoms with Gasteiger partial charge in [0.25, 0.3) is 0 Å². The van der Waals surface area contributed by atoms with Crippen LogP contribution in [0.3, 0.4) is 0 Å². The molecule has 2 aromatic rings. The third-order valence-electron chi connectivity index (χ3n) is 2.12. The fraction of sp³-hybridized carbons (Fsp3) is 0. The molecule has 92 valence electrons. The molecule has 0 unspecified atom stereocenters. The summed E-state index contributed by atoms with van der Waals surface area (Å²) < 4.78 is 0. The predicted octanol–water partition coefficient (Wildman–Crippen LogP) is 4.19. The van der Waals surface area contributed by atoms with E-state index in [0.29, 0.717) is 10.7 Å². The van der Waals surface area contributed by atoms with E-state index in [-0.39, 0.29) is 6.03 Å². The standard InChI is InChI=1S/C13H11ClN2OS/c14-11-2-1-3-12(8-11)16-13(17)15-6-4-10-5-7-18-9-10/h1-9H,(H2,15,16,17)/b6-4+. The molecule has 0 saturated carbocycles. The first-order valence-electron chi connectivity index (χ1n) is 5.26. The lowest BCUT2D eigenvalue weighted by molar-refractivity contribution is 0.255. The third kappa shape index (κ3) is 3.91. The summed E-state index contributed by atoms with van der Waals surface area (Å²) in [4.78, 5) is 11.5. The number of urea groups is 1. The molecule has 1 heterocycles. The lowest BCUT2D eigenvalue weighted by Crippen LogP contribution is -2.23. The highest BCUT2D eigenvalue weighted by molar-refractivity contribution is 7.08. The lowest BCUT2D eigenvalue weighted by Gasteiger charge is -2.04. The normalized spacial score (nSPS) is 10.5. The summed E-state index contributed by atoms with van der Waals surface area (Å²) in [7, 11) is 0. The van der Waals surface area contributed by atoms with Gasteiger partial charge in [-0.05, 0) is 46.7 Å². The highest BCUT2D eigenvalue weighted by atomic mass is 35.5. The van der Waals surface area contributed by atoms with Gasteiger partial charge in [-0.2, -0.15) is 11.3 Å². The molecule has 0 saturated heterocycles. The van der Waals surface area contributed by atoms with Crippen LogP contribution in [0.25, 0.3) is 6.08 Å². The first-order chi connectivity index (χ1) is 8.74. The van der Waals surface area contributed by atoms with Gasteiger partial charge in [-0.1, -0.05) is 17.7 Å². The summed E-state index contributed by atoms with van der Waals surface area (Å²) >= 11 is 7.42. The molecule has 0 radical (unpaired) electrons. The Hall–Kier alpha value is -1.78. The van der Waals surface area contributed by atoms with E-state index >= 15 is 0 Å². The SMILES string of the molecule is O=C(N/C=C/c1ccsc1)Nc1cccc(Cl)c1. The zero-order valence-electron chi connectivity index (χ0n) is 9.39. The van der Waals surface area contributed by atoms with E-state index in [4.69, 9.17) is 11.6 Å². The van der Waals surface area contributed by atoms with E-state index in [9.17, 15) is 4.79 Å². The molecule has 0 aliphatic heterocycles. The van der Waals surface area contributed by atoms with Crippen molar-refractivity contribution in [3.05, 3.63) is 57.9 Å². The van der Waals surface area contributed by atoms with E-state index in [1.807, 2.05) is 22.9 Å². The van der Waals surface area contributed by atoms with Crippen molar-refractivity contribution in [1.29, 1.82) is 0 Å². The van der Waals surface area contributed by atoms with E-state index in [0.717, 1.165) is 5.56 Å².